The molecule has 1 fully saturated rings. The van der Waals surface area contributed by atoms with Gasteiger partial charge < -0.3 is 9.84 Å². The second kappa shape index (κ2) is 6.16. The van der Waals surface area contributed by atoms with Crippen molar-refractivity contribution in [3.8, 4) is 0 Å². The molecule has 0 bridgehead atoms. The number of ether oxygens (including phenoxy) is 1. The van der Waals surface area contributed by atoms with Crippen LogP contribution >= 0.6 is 0 Å². The maximum Gasteiger partial charge on any atom is 0.416 e. The number of carboxylic acids is 1. The maximum absolute atomic E-state index is 12.7. The summed E-state index contributed by atoms with van der Waals surface area (Å²) in [5.74, 6) is -1.96. The largest absolute Gasteiger partial charge is 0.481 e. The first-order chi connectivity index (χ1) is 12.2. The number of benzene rings is 2. The minimum Gasteiger partial charge on any atom is -0.481 e. The van der Waals surface area contributed by atoms with Crippen LogP contribution in [-0.4, -0.2) is 24.2 Å². The van der Waals surface area contributed by atoms with Crippen molar-refractivity contribution < 1.29 is 32.6 Å². The number of methoxy groups -OCH3 is 1. The van der Waals surface area contributed by atoms with Gasteiger partial charge in [0.25, 0.3) is 0 Å². The molecule has 4 nitrogen and oxygen atoms in total. The van der Waals surface area contributed by atoms with Crippen molar-refractivity contribution in [2.45, 2.75) is 23.9 Å². The van der Waals surface area contributed by atoms with E-state index in [0.29, 0.717) is 16.7 Å². The van der Waals surface area contributed by atoms with Crippen LogP contribution in [0.4, 0.5) is 13.2 Å². The quantitative estimate of drug-likeness (QED) is 0.833. The molecule has 1 aliphatic rings. The van der Waals surface area contributed by atoms with Gasteiger partial charge in [-0.1, -0.05) is 24.3 Å². The van der Waals surface area contributed by atoms with Crippen LogP contribution in [0.15, 0.2) is 48.5 Å². The highest BCUT2D eigenvalue weighted by atomic mass is 19.4. The fourth-order valence-electron chi connectivity index (χ4n) is 3.27. The van der Waals surface area contributed by atoms with Gasteiger partial charge >= 0.3 is 18.1 Å². The second-order valence-corrected chi connectivity index (χ2v) is 6.22. The number of rotatable bonds is 4. The average Bonchev–Trinajstić information content (AvgIpc) is 3.38. The third kappa shape index (κ3) is 2.94. The zero-order valence-electron chi connectivity index (χ0n) is 13.7. The summed E-state index contributed by atoms with van der Waals surface area (Å²) >= 11 is 0. The lowest BCUT2D eigenvalue weighted by Crippen LogP contribution is -2.22. The number of aliphatic carboxylic acids is 1. The molecule has 2 aromatic rings. The van der Waals surface area contributed by atoms with Crippen LogP contribution in [0.2, 0.25) is 0 Å². The highest BCUT2D eigenvalue weighted by Gasteiger charge is 2.62. The van der Waals surface area contributed by atoms with E-state index < -0.39 is 29.1 Å². The van der Waals surface area contributed by atoms with Gasteiger partial charge in [0.15, 0.2) is 0 Å². The summed E-state index contributed by atoms with van der Waals surface area (Å²) in [5.41, 5.74) is -0.689. The SMILES string of the molecule is COC(=O)c1ccc([C@H]2C[C@]2(C(=O)O)c2ccc(C(F)(F)F)cc2)cc1. The summed E-state index contributed by atoms with van der Waals surface area (Å²) in [6, 6.07) is 10.6. The molecule has 2 atom stereocenters. The fraction of sp³-hybridized carbons (Fsp3) is 0.263. The van der Waals surface area contributed by atoms with Gasteiger partial charge in [-0.2, -0.15) is 13.2 Å². The summed E-state index contributed by atoms with van der Waals surface area (Å²) in [6.07, 6.45) is -4.19. The molecule has 1 saturated carbocycles. The van der Waals surface area contributed by atoms with Crippen LogP contribution in [0.25, 0.3) is 0 Å². The van der Waals surface area contributed by atoms with Crippen molar-refractivity contribution in [2.24, 2.45) is 0 Å². The Hall–Kier alpha value is -2.83. The van der Waals surface area contributed by atoms with Crippen molar-refractivity contribution in [3.63, 3.8) is 0 Å². The molecular formula is C19H15F3O4. The number of hydrogen-bond donors (Lipinski definition) is 1. The molecule has 0 unspecified atom stereocenters. The van der Waals surface area contributed by atoms with Crippen LogP contribution in [0, 0.1) is 0 Å². The molecule has 3 rings (SSSR count). The van der Waals surface area contributed by atoms with Crippen molar-refractivity contribution in [1.29, 1.82) is 0 Å². The molecule has 1 aliphatic carbocycles. The Kier molecular flexibility index (Phi) is 4.26. The predicted molar refractivity (Wildman–Crippen MR) is 85.9 cm³/mol. The standard InChI is InChI=1S/C19H15F3O4/c1-26-16(23)12-4-2-11(3-5-12)15-10-18(15,17(24)25)13-6-8-14(9-7-13)19(20,21)22/h2-9,15H,10H2,1H3,(H,24,25)/t15-,18+/m1/s1. The van der Waals surface area contributed by atoms with E-state index in [1.807, 2.05) is 0 Å². The van der Waals surface area contributed by atoms with Gasteiger partial charge in [0.2, 0.25) is 0 Å². The van der Waals surface area contributed by atoms with E-state index >= 15 is 0 Å². The number of carboxylic acid groups (broad SMARTS) is 1. The van der Waals surface area contributed by atoms with Crippen LogP contribution in [0.1, 0.15) is 39.4 Å². The molecule has 0 heterocycles. The van der Waals surface area contributed by atoms with E-state index in [4.69, 9.17) is 0 Å². The van der Waals surface area contributed by atoms with Crippen LogP contribution < -0.4 is 0 Å². The normalized spacial score (nSPS) is 21.9. The molecule has 0 saturated heterocycles. The Morgan fingerprint density at radius 3 is 2.12 bits per heavy atom. The molecule has 0 amide bonds. The Balaban J connectivity index is 1.90. The Morgan fingerprint density at radius 2 is 1.65 bits per heavy atom. The van der Waals surface area contributed by atoms with E-state index in [-0.39, 0.29) is 12.3 Å². The third-order valence-corrected chi connectivity index (χ3v) is 4.80. The number of alkyl halides is 3. The van der Waals surface area contributed by atoms with E-state index in [1.54, 1.807) is 24.3 Å². The van der Waals surface area contributed by atoms with Gasteiger partial charge in [0, 0.05) is 5.92 Å². The Labute approximate surface area is 147 Å². The van der Waals surface area contributed by atoms with Gasteiger partial charge in [-0.25, -0.2) is 4.79 Å². The lowest BCUT2D eigenvalue weighted by atomic mass is 9.90. The van der Waals surface area contributed by atoms with Gasteiger partial charge in [0.05, 0.1) is 18.2 Å². The second-order valence-electron chi connectivity index (χ2n) is 6.22. The van der Waals surface area contributed by atoms with E-state index in [1.165, 1.54) is 19.2 Å². The lowest BCUT2D eigenvalue weighted by molar-refractivity contribution is -0.140. The van der Waals surface area contributed by atoms with Crippen molar-refractivity contribution >= 4 is 11.9 Å². The monoisotopic (exact) mass is 364 g/mol. The zero-order valence-corrected chi connectivity index (χ0v) is 13.7. The van der Waals surface area contributed by atoms with Crippen molar-refractivity contribution in [1.82, 2.24) is 0 Å². The van der Waals surface area contributed by atoms with E-state index in [2.05, 4.69) is 4.74 Å². The minimum atomic E-state index is -4.47. The summed E-state index contributed by atoms with van der Waals surface area (Å²) in [6.45, 7) is 0. The number of esters is 1. The van der Waals surface area contributed by atoms with Gasteiger partial charge in [-0.05, 0) is 41.8 Å². The summed E-state index contributed by atoms with van der Waals surface area (Å²) in [5, 5.41) is 9.70. The van der Waals surface area contributed by atoms with E-state index in [9.17, 15) is 27.9 Å². The molecule has 136 valence electrons. The highest BCUT2D eigenvalue weighted by molar-refractivity contribution is 5.90. The molecule has 0 spiro atoms. The molecular weight excluding hydrogens is 349 g/mol. The average molecular weight is 364 g/mol. The van der Waals surface area contributed by atoms with Crippen molar-refractivity contribution in [3.05, 3.63) is 70.8 Å². The van der Waals surface area contributed by atoms with Gasteiger partial charge in [-0.3, -0.25) is 4.79 Å². The minimum absolute atomic E-state index is 0.283. The van der Waals surface area contributed by atoms with Crippen LogP contribution in [0.3, 0.4) is 0 Å². The summed E-state index contributed by atoms with van der Waals surface area (Å²) in [7, 11) is 1.26. The molecule has 1 N–H and O–H groups in total. The number of carbonyl (C=O) groups excluding carboxylic acids is 1. The fourth-order valence-corrected chi connectivity index (χ4v) is 3.27. The molecule has 0 aliphatic heterocycles. The molecule has 2 aromatic carbocycles. The first kappa shape index (κ1) is 18.0. The molecule has 0 radical (unpaired) electrons. The van der Waals surface area contributed by atoms with Gasteiger partial charge in [0.1, 0.15) is 5.41 Å². The van der Waals surface area contributed by atoms with Crippen LogP contribution in [-0.2, 0) is 21.1 Å². The summed E-state index contributed by atoms with van der Waals surface area (Å²) < 4.78 is 42.7. The molecule has 0 aromatic heterocycles. The molecule has 7 heteroatoms. The number of carbonyl (C=O) groups is 2. The first-order valence-electron chi connectivity index (χ1n) is 7.79. The third-order valence-electron chi connectivity index (χ3n) is 4.80. The highest BCUT2D eigenvalue weighted by Crippen LogP contribution is 2.60. The molecule has 26 heavy (non-hydrogen) atoms. The van der Waals surface area contributed by atoms with Crippen LogP contribution in [0.5, 0.6) is 0 Å². The Morgan fingerprint density at radius 1 is 1.08 bits per heavy atom. The lowest BCUT2D eigenvalue weighted by Gasteiger charge is -2.15. The first-order valence-corrected chi connectivity index (χ1v) is 7.79. The topological polar surface area (TPSA) is 63.6 Å². The van der Waals surface area contributed by atoms with Gasteiger partial charge in [-0.15, -0.1) is 0 Å². The van der Waals surface area contributed by atoms with E-state index in [0.717, 1.165) is 12.1 Å². The number of halogens is 3. The van der Waals surface area contributed by atoms with Crippen molar-refractivity contribution in [2.75, 3.05) is 7.11 Å². The zero-order chi connectivity index (χ0) is 19.1. The smallest absolute Gasteiger partial charge is 0.416 e. The maximum atomic E-state index is 12.7. The number of hydrogen-bond acceptors (Lipinski definition) is 3. The predicted octanol–water partition coefficient (Wildman–Crippen LogP) is 4.00. The Bertz CT molecular complexity index is 841. The summed E-state index contributed by atoms with van der Waals surface area (Å²) in [4.78, 5) is 23.3.